The summed E-state index contributed by atoms with van der Waals surface area (Å²) < 4.78 is 5.18. The minimum atomic E-state index is -0.236. The lowest BCUT2D eigenvalue weighted by molar-refractivity contribution is 0.0444. The summed E-state index contributed by atoms with van der Waals surface area (Å²) >= 11 is 5.92. The van der Waals surface area contributed by atoms with Crippen LogP contribution in [-0.4, -0.2) is 32.5 Å². The van der Waals surface area contributed by atoms with E-state index >= 15 is 0 Å². The zero-order chi connectivity index (χ0) is 16.5. The second-order valence-corrected chi connectivity index (χ2v) is 5.96. The number of aromatic nitrogens is 3. The van der Waals surface area contributed by atoms with Crippen LogP contribution >= 0.6 is 11.6 Å². The highest BCUT2D eigenvalue weighted by Crippen LogP contribution is 2.34. The number of nitrogens with zero attached hydrogens (tertiary/aromatic N) is 4. The van der Waals surface area contributed by atoms with E-state index in [1.54, 1.807) is 29.4 Å². The van der Waals surface area contributed by atoms with Gasteiger partial charge < -0.3 is 9.42 Å². The quantitative estimate of drug-likeness (QED) is 0.731. The number of benzene rings is 1. The number of halogens is 1. The highest BCUT2D eigenvalue weighted by atomic mass is 35.5. The number of pyridine rings is 1. The number of hydrogen-bond donors (Lipinski definition) is 0. The highest BCUT2D eigenvalue weighted by molar-refractivity contribution is 6.30. The lowest BCUT2D eigenvalue weighted by atomic mass is 9.94. The van der Waals surface area contributed by atoms with Gasteiger partial charge in [0.25, 0.3) is 17.6 Å². The van der Waals surface area contributed by atoms with Crippen molar-refractivity contribution in [1.29, 1.82) is 0 Å². The molecule has 1 fully saturated rings. The number of rotatable bonds is 3. The standard InChI is InChI=1S/C17H13ClN4O2/c18-13-5-3-11(4-6-13)14-7-9-22(14)17(23)15-20-16(24-21-15)12-2-1-8-19-10-12/h1-6,8,10,14H,7,9H2/t14-/m0/s1. The van der Waals surface area contributed by atoms with Gasteiger partial charge in [0.2, 0.25) is 0 Å². The lowest BCUT2D eigenvalue weighted by Gasteiger charge is -2.40. The first kappa shape index (κ1) is 14.8. The molecular weight excluding hydrogens is 328 g/mol. The summed E-state index contributed by atoms with van der Waals surface area (Å²) in [5.74, 6) is 0.114. The van der Waals surface area contributed by atoms with Crippen LogP contribution in [0.2, 0.25) is 5.02 Å². The number of likely N-dealkylation sites (tertiary alicyclic amines) is 1. The molecule has 1 atom stereocenters. The molecule has 3 heterocycles. The smallest absolute Gasteiger partial charge is 0.295 e. The molecule has 0 saturated carbocycles. The fourth-order valence-electron chi connectivity index (χ4n) is 2.71. The maximum absolute atomic E-state index is 12.6. The third kappa shape index (κ3) is 2.65. The van der Waals surface area contributed by atoms with E-state index in [4.69, 9.17) is 16.1 Å². The van der Waals surface area contributed by atoms with Crippen molar-refractivity contribution in [3.63, 3.8) is 0 Å². The van der Waals surface area contributed by atoms with Crippen molar-refractivity contribution in [1.82, 2.24) is 20.0 Å². The largest absolute Gasteiger partial charge is 0.333 e. The average molecular weight is 341 g/mol. The Morgan fingerprint density at radius 3 is 2.75 bits per heavy atom. The SMILES string of the molecule is O=C(c1noc(-c2cccnc2)n1)N1CC[C@H]1c1ccc(Cl)cc1. The van der Waals surface area contributed by atoms with Crippen molar-refractivity contribution in [2.24, 2.45) is 0 Å². The van der Waals surface area contributed by atoms with Gasteiger partial charge in [-0.15, -0.1) is 0 Å². The molecule has 2 aromatic heterocycles. The van der Waals surface area contributed by atoms with E-state index in [-0.39, 0.29) is 23.7 Å². The molecule has 1 amide bonds. The molecule has 24 heavy (non-hydrogen) atoms. The Bertz CT molecular complexity index is 864. The van der Waals surface area contributed by atoms with Crippen LogP contribution in [0, 0.1) is 0 Å². The summed E-state index contributed by atoms with van der Waals surface area (Å²) in [7, 11) is 0. The number of hydrogen-bond acceptors (Lipinski definition) is 5. The summed E-state index contributed by atoms with van der Waals surface area (Å²) in [6.07, 6.45) is 4.17. The summed E-state index contributed by atoms with van der Waals surface area (Å²) in [6.45, 7) is 0.670. The van der Waals surface area contributed by atoms with Gasteiger partial charge in [0.1, 0.15) is 0 Å². The molecule has 0 N–H and O–H groups in total. The Morgan fingerprint density at radius 2 is 2.08 bits per heavy atom. The minimum absolute atomic E-state index is 0.0232. The maximum Gasteiger partial charge on any atom is 0.295 e. The van der Waals surface area contributed by atoms with Crippen LogP contribution in [-0.2, 0) is 0 Å². The predicted molar refractivity (Wildman–Crippen MR) is 87.4 cm³/mol. The monoisotopic (exact) mass is 340 g/mol. The number of carbonyl (C=O) groups is 1. The van der Waals surface area contributed by atoms with E-state index in [0.29, 0.717) is 17.1 Å². The van der Waals surface area contributed by atoms with E-state index in [9.17, 15) is 4.79 Å². The van der Waals surface area contributed by atoms with Crippen molar-refractivity contribution in [3.05, 3.63) is 65.2 Å². The molecule has 1 saturated heterocycles. The van der Waals surface area contributed by atoms with Crippen LogP contribution < -0.4 is 0 Å². The molecule has 6 nitrogen and oxygen atoms in total. The molecule has 120 valence electrons. The fourth-order valence-corrected chi connectivity index (χ4v) is 2.83. The molecule has 4 rings (SSSR count). The zero-order valence-electron chi connectivity index (χ0n) is 12.6. The van der Waals surface area contributed by atoms with Crippen LogP contribution in [0.4, 0.5) is 0 Å². The minimum Gasteiger partial charge on any atom is -0.333 e. The van der Waals surface area contributed by atoms with Gasteiger partial charge in [-0.05, 0) is 36.2 Å². The van der Waals surface area contributed by atoms with Crippen LogP contribution in [0.5, 0.6) is 0 Å². The van der Waals surface area contributed by atoms with E-state index in [1.807, 2.05) is 24.3 Å². The van der Waals surface area contributed by atoms with Crippen LogP contribution in [0.15, 0.2) is 53.3 Å². The van der Waals surface area contributed by atoms with E-state index < -0.39 is 0 Å². The van der Waals surface area contributed by atoms with E-state index in [0.717, 1.165) is 12.0 Å². The van der Waals surface area contributed by atoms with Crippen molar-refractivity contribution in [3.8, 4) is 11.5 Å². The topological polar surface area (TPSA) is 72.1 Å². The maximum atomic E-state index is 12.6. The van der Waals surface area contributed by atoms with Crippen molar-refractivity contribution in [2.75, 3.05) is 6.54 Å². The van der Waals surface area contributed by atoms with Crippen LogP contribution in [0.3, 0.4) is 0 Å². The van der Waals surface area contributed by atoms with E-state index in [1.165, 1.54) is 0 Å². The van der Waals surface area contributed by atoms with Gasteiger partial charge in [-0.2, -0.15) is 4.98 Å². The molecule has 7 heteroatoms. The van der Waals surface area contributed by atoms with Gasteiger partial charge in [0.05, 0.1) is 11.6 Å². The lowest BCUT2D eigenvalue weighted by Crippen LogP contribution is -2.45. The Balaban J connectivity index is 1.54. The number of carbonyl (C=O) groups excluding carboxylic acids is 1. The van der Waals surface area contributed by atoms with Crippen LogP contribution in [0.1, 0.15) is 28.6 Å². The summed E-state index contributed by atoms with van der Waals surface area (Å²) in [5.41, 5.74) is 1.73. The Kier molecular flexibility index (Phi) is 3.74. The molecule has 0 radical (unpaired) electrons. The van der Waals surface area contributed by atoms with Crippen molar-refractivity contribution in [2.45, 2.75) is 12.5 Å². The molecule has 0 unspecified atom stereocenters. The summed E-state index contributed by atoms with van der Waals surface area (Å²) in [5, 5.41) is 4.49. The zero-order valence-corrected chi connectivity index (χ0v) is 13.3. The third-order valence-corrected chi connectivity index (χ3v) is 4.31. The third-order valence-electron chi connectivity index (χ3n) is 4.06. The Morgan fingerprint density at radius 1 is 1.25 bits per heavy atom. The van der Waals surface area contributed by atoms with Gasteiger partial charge in [0.15, 0.2) is 0 Å². The first-order chi connectivity index (χ1) is 11.7. The average Bonchev–Trinajstić information content (AvgIpc) is 3.07. The molecule has 3 aromatic rings. The predicted octanol–water partition coefficient (Wildman–Crippen LogP) is 3.37. The highest BCUT2D eigenvalue weighted by Gasteiger charge is 2.36. The molecule has 1 aromatic carbocycles. The van der Waals surface area contributed by atoms with E-state index in [2.05, 4.69) is 15.1 Å². The van der Waals surface area contributed by atoms with Gasteiger partial charge in [-0.1, -0.05) is 28.9 Å². The molecule has 0 spiro atoms. The van der Waals surface area contributed by atoms with Crippen molar-refractivity contribution < 1.29 is 9.32 Å². The van der Waals surface area contributed by atoms with Gasteiger partial charge in [-0.3, -0.25) is 9.78 Å². The molecule has 1 aliphatic rings. The van der Waals surface area contributed by atoms with Gasteiger partial charge in [0, 0.05) is 24.0 Å². The Hall–Kier alpha value is -2.73. The first-order valence-corrected chi connectivity index (χ1v) is 7.91. The van der Waals surface area contributed by atoms with Crippen molar-refractivity contribution >= 4 is 17.5 Å². The molecule has 0 bridgehead atoms. The van der Waals surface area contributed by atoms with Gasteiger partial charge >= 0.3 is 0 Å². The second-order valence-electron chi connectivity index (χ2n) is 5.52. The second kappa shape index (κ2) is 6.05. The molecular formula is C17H13ClN4O2. The first-order valence-electron chi connectivity index (χ1n) is 7.53. The summed E-state index contributed by atoms with van der Waals surface area (Å²) in [4.78, 5) is 22.6. The van der Waals surface area contributed by atoms with Gasteiger partial charge in [-0.25, -0.2) is 0 Å². The normalized spacial score (nSPS) is 16.7. The fraction of sp³-hybridized carbons (Fsp3) is 0.176. The number of amides is 1. The summed E-state index contributed by atoms with van der Waals surface area (Å²) in [6, 6.07) is 11.1. The van der Waals surface area contributed by atoms with Crippen LogP contribution in [0.25, 0.3) is 11.5 Å². The molecule has 1 aliphatic heterocycles. The molecule has 0 aliphatic carbocycles. The Labute approximate surface area is 143 Å².